The first-order chi connectivity index (χ1) is 8.72. The van der Waals surface area contributed by atoms with Gasteiger partial charge < -0.3 is 10.1 Å². The van der Waals surface area contributed by atoms with Crippen molar-refractivity contribution >= 4 is 21.6 Å². The second kappa shape index (κ2) is 5.91. The van der Waals surface area contributed by atoms with Gasteiger partial charge in [-0.1, -0.05) is 28.1 Å². The third-order valence-electron chi connectivity index (χ3n) is 2.85. The van der Waals surface area contributed by atoms with Crippen molar-refractivity contribution in [3.8, 4) is 5.75 Å². The minimum atomic E-state index is 0.859. The van der Waals surface area contributed by atoms with Crippen LogP contribution in [-0.4, -0.2) is 14.2 Å². The molecule has 0 aliphatic heterocycles. The molecular formula is C15H16BrNO. The Hall–Kier alpha value is -1.48. The maximum absolute atomic E-state index is 5.39. The third-order valence-corrected chi connectivity index (χ3v) is 3.35. The molecule has 2 aromatic rings. The van der Waals surface area contributed by atoms with Crippen LogP contribution in [0.2, 0.25) is 0 Å². The number of halogens is 1. The molecule has 18 heavy (non-hydrogen) atoms. The van der Waals surface area contributed by atoms with E-state index in [1.807, 2.05) is 19.2 Å². The van der Waals surface area contributed by atoms with Gasteiger partial charge in [-0.15, -0.1) is 0 Å². The number of hydrogen-bond acceptors (Lipinski definition) is 2. The SMILES string of the molecule is CNc1cccc(Cc2cc(Br)ccc2OC)c1. The fraction of sp³-hybridized carbons (Fsp3) is 0.200. The molecule has 0 aliphatic carbocycles. The summed E-state index contributed by atoms with van der Waals surface area (Å²) >= 11 is 3.50. The number of nitrogens with one attached hydrogen (secondary N) is 1. The first-order valence-electron chi connectivity index (χ1n) is 5.82. The van der Waals surface area contributed by atoms with Gasteiger partial charge in [0.05, 0.1) is 7.11 Å². The molecule has 0 aliphatic rings. The monoisotopic (exact) mass is 305 g/mol. The zero-order chi connectivity index (χ0) is 13.0. The van der Waals surface area contributed by atoms with Crippen LogP contribution in [0.3, 0.4) is 0 Å². The van der Waals surface area contributed by atoms with E-state index in [0.717, 1.165) is 22.3 Å². The van der Waals surface area contributed by atoms with Crippen molar-refractivity contribution < 1.29 is 4.74 Å². The Morgan fingerprint density at radius 3 is 2.72 bits per heavy atom. The minimum Gasteiger partial charge on any atom is -0.496 e. The second-order valence-corrected chi connectivity index (χ2v) is 5.00. The van der Waals surface area contributed by atoms with Crippen LogP contribution in [-0.2, 0) is 6.42 Å². The largest absolute Gasteiger partial charge is 0.496 e. The zero-order valence-corrected chi connectivity index (χ0v) is 12.1. The summed E-state index contributed by atoms with van der Waals surface area (Å²) in [5, 5.41) is 3.15. The molecule has 2 rings (SSSR count). The Morgan fingerprint density at radius 2 is 2.00 bits per heavy atom. The number of methoxy groups -OCH3 is 1. The normalized spacial score (nSPS) is 10.2. The van der Waals surface area contributed by atoms with E-state index < -0.39 is 0 Å². The van der Waals surface area contributed by atoms with Crippen molar-refractivity contribution in [2.75, 3.05) is 19.5 Å². The molecule has 3 heteroatoms. The molecule has 1 N–H and O–H groups in total. The second-order valence-electron chi connectivity index (χ2n) is 4.08. The molecule has 0 saturated carbocycles. The quantitative estimate of drug-likeness (QED) is 0.918. The van der Waals surface area contributed by atoms with Crippen molar-refractivity contribution in [1.29, 1.82) is 0 Å². The average Bonchev–Trinajstić information content (AvgIpc) is 2.39. The van der Waals surface area contributed by atoms with Crippen LogP contribution in [0, 0.1) is 0 Å². The minimum absolute atomic E-state index is 0.859. The first kappa shape index (κ1) is 13.0. The van der Waals surface area contributed by atoms with Crippen LogP contribution in [0.4, 0.5) is 5.69 Å². The van der Waals surface area contributed by atoms with Crippen LogP contribution in [0.5, 0.6) is 5.75 Å². The number of anilines is 1. The highest BCUT2D eigenvalue weighted by Gasteiger charge is 2.05. The Bertz CT molecular complexity index is 540. The molecular weight excluding hydrogens is 290 g/mol. The van der Waals surface area contributed by atoms with Crippen molar-refractivity contribution in [2.45, 2.75) is 6.42 Å². The van der Waals surface area contributed by atoms with Gasteiger partial charge in [-0.2, -0.15) is 0 Å². The summed E-state index contributed by atoms with van der Waals surface area (Å²) in [6.45, 7) is 0. The summed E-state index contributed by atoms with van der Waals surface area (Å²) in [7, 11) is 3.63. The molecule has 2 nitrogen and oxygen atoms in total. The number of ether oxygens (including phenoxy) is 1. The topological polar surface area (TPSA) is 21.3 Å². The van der Waals surface area contributed by atoms with Gasteiger partial charge in [-0.3, -0.25) is 0 Å². The molecule has 94 valence electrons. The molecule has 0 spiro atoms. The van der Waals surface area contributed by atoms with Crippen LogP contribution in [0.25, 0.3) is 0 Å². The van der Waals surface area contributed by atoms with Crippen LogP contribution in [0.15, 0.2) is 46.9 Å². The lowest BCUT2D eigenvalue weighted by Gasteiger charge is -2.10. The van der Waals surface area contributed by atoms with Crippen molar-refractivity contribution in [3.63, 3.8) is 0 Å². The lowest BCUT2D eigenvalue weighted by molar-refractivity contribution is 0.410. The van der Waals surface area contributed by atoms with Crippen LogP contribution >= 0.6 is 15.9 Å². The Balaban J connectivity index is 2.29. The fourth-order valence-electron chi connectivity index (χ4n) is 1.94. The molecule has 0 saturated heterocycles. The van der Waals surface area contributed by atoms with Gasteiger partial charge in [0, 0.05) is 23.6 Å². The van der Waals surface area contributed by atoms with Gasteiger partial charge in [0.15, 0.2) is 0 Å². The summed E-state index contributed by atoms with van der Waals surface area (Å²) in [6.07, 6.45) is 0.859. The molecule has 0 heterocycles. The maximum Gasteiger partial charge on any atom is 0.122 e. The number of benzene rings is 2. The van der Waals surface area contributed by atoms with Crippen molar-refractivity contribution in [2.24, 2.45) is 0 Å². The van der Waals surface area contributed by atoms with Gasteiger partial charge >= 0.3 is 0 Å². The molecule has 0 fully saturated rings. The first-order valence-corrected chi connectivity index (χ1v) is 6.61. The molecule has 0 amide bonds. The fourth-order valence-corrected chi connectivity index (χ4v) is 2.35. The van der Waals surface area contributed by atoms with E-state index >= 15 is 0 Å². The summed E-state index contributed by atoms with van der Waals surface area (Å²) in [5.74, 6) is 0.924. The number of hydrogen-bond donors (Lipinski definition) is 1. The lowest BCUT2D eigenvalue weighted by atomic mass is 10.0. The highest BCUT2D eigenvalue weighted by Crippen LogP contribution is 2.26. The predicted octanol–water partition coefficient (Wildman–Crippen LogP) is 4.09. The zero-order valence-electron chi connectivity index (χ0n) is 10.5. The van der Waals surface area contributed by atoms with Crippen molar-refractivity contribution in [3.05, 3.63) is 58.1 Å². The van der Waals surface area contributed by atoms with E-state index in [9.17, 15) is 0 Å². The van der Waals surface area contributed by atoms with E-state index in [1.165, 1.54) is 11.1 Å². The highest BCUT2D eigenvalue weighted by atomic mass is 79.9. The summed E-state index contributed by atoms with van der Waals surface area (Å²) < 4.78 is 6.46. The summed E-state index contributed by atoms with van der Waals surface area (Å²) in [4.78, 5) is 0. The van der Waals surface area contributed by atoms with Crippen molar-refractivity contribution in [1.82, 2.24) is 0 Å². The standard InChI is InChI=1S/C15H16BrNO/c1-17-14-5-3-4-11(9-14)8-12-10-13(16)6-7-15(12)18-2/h3-7,9-10,17H,8H2,1-2H3. The van der Waals surface area contributed by atoms with E-state index in [-0.39, 0.29) is 0 Å². The van der Waals surface area contributed by atoms with E-state index in [1.54, 1.807) is 7.11 Å². The smallest absolute Gasteiger partial charge is 0.122 e. The van der Waals surface area contributed by atoms with Gasteiger partial charge in [0.2, 0.25) is 0 Å². The lowest BCUT2D eigenvalue weighted by Crippen LogP contribution is -1.95. The van der Waals surface area contributed by atoms with E-state index in [4.69, 9.17) is 4.74 Å². The van der Waals surface area contributed by atoms with Gasteiger partial charge in [0.1, 0.15) is 5.75 Å². The molecule has 0 unspecified atom stereocenters. The highest BCUT2D eigenvalue weighted by molar-refractivity contribution is 9.10. The van der Waals surface area contributed by atoms with Crippen LogP contribution < -0.4 is 10.1 Å². The molecule has 0 bridgehead atoms. The molecule has 2 aromatic carbocycles. The van der Waals surface area contributed by atoms with E-state index in [2.05, 4.69) is 51.6 Å². The van der Waals surface area contributed by atoms with Gasteiger partial charge in [-0.25, -0.2) is 0 Å². The summed E-state index contributed by atoms with van der Waals surface area (Å²) in [5.41, 5.74) is 3.57. The van der Waals surface area contributed by atoms with Gasteiger partial charge in [-0.05, 0) is 41.5 Å². The van der Waals surface area contributed by atoms with Gasteiger partial charge in [0.25, 0.3) is 0 Å². The molecule has 0 aromatic heterocycles. The Labute approximate surface area is 116 Å². The Morgan fingerprint density at radius 1 is 1.17 bits per heavy atom. The average molecular weight is 306 g/mol. The Kier molecular flexibility index (Phi) is 4.26. The van der Waals surface area contributed by atoms with Crippen LogP contribution in [0.1, 0.15) is 11.1 Å². The molecule has 0 atom stereocenters. The third kappa shape index (κ3) is 3.05. The number of rotatable bonds is 4. The predicted molar refractivity (Wildman–Crippen MR) is 79.5 cm³/mol. The summed E-state index contributed by atoms with van der Waals surface area (Å²) in [6, 6.07) is 14.5. The van der Waals surface area contributed by atoms with E-state index in [0.29, 0.717) is 0 Å². The maximum atomic E-state index is 5.39. The molecule has 0 radical (unpaired) electrons.